The zero-order valence-corrected chi connectivity index (χ0v) is 7.48. The van der Waals surface area contributed by atoms with Gasteiger partial charge in [0.2, 0.25) is 0 Å². The minimum Gasteiger partial charge on any atom is -0.380 e. The number of methoxy groups -OCH3 is 1. The summed E-state index contributed by atoms with van der Waals surface area (Å²) in [5.41, 5.74) is 0. The van der Waals surface area contributed by atoms with Crippen molar-refractivity contribution in [3.8, 4) is 0 Å². The van der Waals surface area contributed by atoms with Gasteiger partial charge in [0.25, 0.3) is 0 Å². The van der Waals surface area contributed by atoms with Gasteiger partial charge in [0, 0.05) is 13.7 Å². The van der Waals surface area contributed by atoms with Crippen LogP contribution in [0.4, 0.5) is 0 Å². The maximum Gasteiger partial charge on any atom is 0.0667 e. The van der Waals surface area contributed by atoms with E-state index in [4.69, 9.17) is 4.74 Å². The van der Waals surface area contributed by atoms with E-state index in [0.717, 1.165) is 19.0 Å². The van der Waals surface area contributed by atoms with Crippen molar-refractivity contribution in [2.45, 2.75) is 26.9 Å². The van der Waals surface area contributed by atoms with Crippen molar-refractivity contribution in [2.75, 3.05) is 20.2 Å². The first-order valence-electron chi connectivity index (χ1n) is 3.90. The Labute approximate surface area is 64.0 Å². The molecule has 0 spiro atoms. The number of ether oxygens (including phenoxy) is 1. The molecule has 0 saturated carbocycles. The number of hydrogen-bond donors (Lipinski definition) is 1. The van der Waals surface area contributed by atoms with Gasteiger partial charge in [0.15, 0.2) is 0 Å². The van der Waals surface area contributed by atoms with Crippen LogP contribution in [0.3, 0.4) is 0 Å². The molecule has 10 heavy (non-hydrogen) atoms. The van der Waals surface area contributed by atoms with Crippen molar-refractivity contribution in [3.05, 3.63) is 0 Å². The minimum atomic E-state index is 0.332. The summed E-state index contributed by atoms with van der Waals surface area (Å²) >= 11 is 0. The van der Waals surface area contributed by atoms with E-state index in [-0.39, 0.29) is 0 Å². The summed E-state index contributed by atoms with van der Waals surface area (Å²) in [4.78, 5) is 0. The molecule has 62 valence electrons. The van der Waals surface area contributed by atoms with Crippen LogP contribution in [0.5, 0.6) is 0 Å². The quantitative estimate of drug-likeness (QED) is 0.629. The van der Waals surface area contributed by atoms with Crippen LogP contribution < -0.4 is 5.32 Å². The van der Waals surface area contributed by atoms with Gasteiger partial charge < -0.3 is 10.1 Å². The predicted molar refractivity (Wildman–Crippen MR) is 44.2 cm³/mol. The average molecular weight is 145 g/mol. The summed E-state index contributed by atoms with van der Waals surface area (Å²) in [5.74, 6) is 0.726. The maximum atomic E-state index is 5.07. The molecule has 0 saturated heterocycles. The first kappa shape index (κ1) is 9.92. The fourth-order valence-electron chi connectivity index (χ4n) is 0.659. The van der Waals surface area contributed by atoms with Crippen LogP contribution in [-0.2, 0) is 4.74 Å². The molecule has 0 unspecified atom stereocenters. The van der Waals surface area contributed by atoms with E-state index in [1.807, 2.05) is 0 Å². The normalized spacial score (nSPS) is 14.1. The molecule has 0 aromatic rings. The topological polar surface area (TPSA) is 21.3 Å². The molecule has 0 radical (unpaired) electrons. The molecule has 0 fully saturated rings. The SMILES string of the molecule is CO[C@H](C)CNCC(C)C. The van der Waals surface area contributed by atoms with E-state index in [2.05, 4.69) is 26.1 Å². The Morgan fingerprint density at radius 3 is 2.20 bits per heavy atom. The van der Waals surface area contributed by atoms with Gasteiger partial charge in [0.05, 0.1) is 6.10 Å². The smallest absolute Gasteiger partial charge is 0.0667 e. The Bertz CT molecular complexity index is 73.7. The van der Waals surface area contributed by atoms with Crippen LogP contribution in [0.1, 0.15) is 20.8 Å². The molecule has 0 rings (SSSR count). The first-order chi connectivity index (χ1) is 4.66. The van der Waals surface area contributed by atoms with E-state index in [9.17, 15) is 0 Å². The van der Waals surface area contributed by atoms with Crippen LogP contribution in [0.15, 0.2) is 0 Å². The molecule has 0 amide bonds. The van der Waals surface area contributed by atoms with Gasteiger partial charge in [-0.3, -0.25) is 0 Å². The summed E-state index contributed by atoms with van der Waals surface area (Å²) < 4.78 is 5.07. The lowest BCUT2D eigenvalue weighted by molar-refractivity contribution is 0.116. The van der Waals surface area contributed by atoms with Crippen LogP contribution in [0.25, 0.3) is 0 Å². The van der Waals surface area contributed by atoms with Gasteiger partial charge >= 0.3 is 0 Å². The highest BCUT2D eigenvalue weighted by Crippen LogP contribution is 1.88. The Hall–Kier alpha value is -0.0800. The molecule has 0 aromatic carbocycles. The molecule has 0 aliphatic rings. The van der Waals surface area contributed by atoms with Gasteiger partial charge in [-0.15, -0.1) is 0 Å². The van der Waals surface area contributed by atoms with Crippen LogP contribution in [-0.4, -0.2) is 26.3 Å². The second kappa shape index (κ2) is 5.69. The second-order valence-electron chi connectivity index (χ2n) is 3.10. The van der Waals surface area contributed by atoms with Gasteiger partial charge in [-0.05, 0) is 19.4 Å². The van der Waals surface area contributed by atoms with Crippen molar-refractivity contribution in [3.63, 3.8) is 0 Å². The van der Waals surface area contributed by atoms with Crippen molar-refractivity contribution < 1.29 is 4.74 Å². The molecule has 1 atom stereocenters. The third kappa shape index (κ3) is 6.05. The highest BCUT2D eigenvalue weighted by molar-refractivity contribution is 4.55. The zero-order valence-electron chi connectivity index (χ0n) is 7.48. The van der Waals surface area contributed by atoms with Gasteiger partial charge in [-0.1, -0.05) is 13.8 Å². The standard InChI is InChI=1S/C8H19NO/c1-7(2)5-9-6-8(3)10-4/h7-9H,5-6H2,1-4H3/t8-/m1/s1. The Morgan fingerprint density at radius 1 is 1.20 bits per heavy atom. The van der Waals surface area contributed by atoms with E-state index < -0.39 is 0 Å². The van der Waals surface area contributed by atoms with Crippen LogP contribution >= 0.6 is 0 Å². The molecular weight excluding hydrogens is 126 g/mol. The van der Waals surface area contributed by atoms with E-state index in [0.29, 0.717) is 6.10 Å². The fraction of sp³-hybridized carbons (Fsp3) is 1.00. The molecule has 0 bridgehead atoms. The largest absolute Gasteiger partial charge is 0.380 e. The Morgan fingerprint density at radius 2 is 1.80 bits per heavy atom. The zero-order chi connectivity index (χ0) is 7.98. The third-order valence-corrected chi connectivity index (χ3v) is 1.39. The minimum absolute atomic E-state index is 0.332. The highest BCUT2D eigenvalue weighted by Gasteiger charge is 1.98. The Kier molecular flexibility index (Phi) is 5.64. The summed E-state index contributed by atoms with van der Waals surface area (Å²) in [7, 11) is 1.74. The molecular formula is C8H19NO. The molecule has 0 aliphatic heterocycles. The van der Waals surface area contributed by atoms with Crippen molar-refractivity contribution in [1.82, 2.24) is 5.32 Å². The summed E-state index contributed by atoms with van der Waals surface area (Å²) in [6.45, 7) is 8.49. The number of hydrogen-bond acceptors (Lipinski definition) is 2. The van der Waals surface area contributed by atoms with E-state index in [1.54, 1.807) is 7.11 Å². The van der Waals surface area contributed by atoms with Gasteiger partial charge in [0.1, 0.15) is 0 Å². The predicted octanol–water partition coefficient (Wildman–Crippen LogP) is 1.27. The number of nitrogens with one attached hydrogen (secondary N) is 1. The number of rotatable bonds is 5. The van der Waals surface area contributed by atoms with Crippen molar-refractivity contribution in [1.29, 1.82) is 0 Å². The molecule has 0 heterocycles. The summed E-state index contributed by atoms with van der Waals surface area (Å²) in [5, 5.41) is 3.31. The van der Waals surface area contributed by atoms with Crippen LogP contribution in [0.2, 0.25) is 0 Å². The lowest BCUT2D eigenvalue weighted by Gasteiger charge is -2.11. The Balaban J connectivity index is 3.03. The molecule has 1 N–H and O–H groups in total. The van der Waals surface area contributed by atoms with Gasteiger partial charge in [-0.2, -0.15) is 0 Å². The average Bonchev–Trinajstić information content (AvgIpc) is 1.87. The third-order valence-electron chi connectivity index (χ3n) is 1.39. The highest BCUT2D eigenvalue weighted by atomic mass is 16.5. The van der Waals surface area contributed by atoms with Crippen molar-refractivity contribution >= 4 is 0 Å². The van der Waals surface area contributed by atoms with E-state index >= 15 is 0 Å². The van der Waals surface area contributed by atoms with Gasteiger partial charge in [-0.25, -0.2) is 0 Å². The van der Waals surface area contributed by atoms with E-state index in [1.165, 1.54) is 0 Å². The summed E-state index contributed by atoms with van der Waals surface area (Å²) in [6, 6.07) is 0. The monoisotopic (exact) mass is 145 g/mol. The lowest BCUT2D eigenvalue weighted by Crippen LogP contribution is -2.28. The fourth-order valence-corrected chi connectivity index (χ4v) is 0.659. The van der Waals surface area contributed by atoms with Crippen molar-refractivity contribution in [2.24, 2.45) is 5.92 Å². The molecule has 0 aliphatic carbocycles. The first-order valence-corrected chi connectivity index (χ1v) is 3.90. The maximum absolute atomic E-state index is 5.07. The molecule has 2 heteroatoms. The molecule has 0 aromatic heterocycles. The molecule has 2 nitrogen and oxygen atoms in total. The lowest BCUT2D eigenvalue weighted by atomic mass is 10.2. The van der Waals surface area contributed by atoms with Crippen LogP contribution in [0, 0.1) is 5.92 Å². The summed E-state index contributed by atoms with van der Waals surface area (Å²) in [6.07, 6.45) is 0.332. The second-order valence-corrected chi connectivity index (χ2v) is 3.10.